The first-order valence-electron chi connectivity index (χ1n) is 9.22. The van der Waals surface area contributed by atoms with Crippen molar-refractivity contribution in [2.24, 2.45) is 0 Å². The summed E-state index contributed by atoms with van der Waals surface area (Å²) in [6.07, 6.45) is 0. The van der Waals surface area contributed by atoms with Crippen LogP contribution in [-0.2, 0) is 23.6 Å². The molecular formula is C25H26FeNP-6. The van der Waals surface area contributed by atoms with Crippen molar-refractivity contribution >= 4 is 23.8 Å². The van der Waals surface area contributed by atoms with Gasteiger partial charge in [-0.05, 0) is 39.2 Å². The minimum Gasteiger partial charge on any atom is -0.748 e. The molecule has 0 unspecified atom stereocenters. The predicted octanol–water partition coefficient (Wildman–Crippen LogP) is 4.63. The second-order valence-electron chi connectivity index (χ2n) is 6.64. The van der Waals surface area contributed by atoms with Gasteiger partial charge < -0.3 is 35.2 Å². The first-order valence-corrected chi connectivity index (χ1v) is 10.6. The quantitative estimate of drug-likeness (QED) is 0.255. The van der Waals surface area contributed by atoms with Crippen LogP contribution in [0.3, 0.4) is 0 Å². The van der Waals surface area contributed by atoms with Crippen molar-refractivity contribution in [1.29, 1.82) is 0 Å². The molecule has 0 saturated heterocycles. The van der Waals surface area contributed by atoms with Crippen molar-refractivity contribution in [3.05, 3.63) is 115 Å². The number of nitrogens with zero attached hydrogens (tertiary/aromatic N) is 1. The van der Waals surface area contributed by atoms with Crippen LogP contribution >= 0.6 is 7.92 Å². The van der Waals surface area contributed by atoms with E-state index in [-0.39, 0.29) is 17.1 Å². The van der Waals surface area contributed by atoms with E-state index >= 15 is 0 Å². The summed E-state index contributed by atoms with van der Waals surface area (Å²) >= 11 is 0. The zero-order valence-electron chi connectivity index (χ0n) is 16.3. The van der Waals surface area contributed by atoms with Crippen LogP contribution in [0.15, 0.2) is 109 Å². The van der Waals surface area contributed by atoms with Crippen molar-refractivity contribution in [1.82, 2.24) is 4.90 Å². The van der Waals surface area contributed by atoms with Gasteiger partial charge in [0.05, 0.1) is 0 Å². The first kappa shape index (κ1) is 22.3. The minimum absolute atomic E-state index is 0. The van der Waals surface area contributed by atoms with E-state index in [1.807, 2.05) is 30.3 Å². The fourth-order valence-corrected chi connectivity index (χ4v) is 5.51. The Morgan fingerprint density at radius 3 is 1.61 bits per heavy atom. The van der Waals surface area contributed by atoms with E-state index < -0.39 is 7.92 Å². The van der Waals surface area contributed by atoms with Gasteiger partial charge in [-0.3, -0.25) is 0 Å². The van der Waals surface area contributed by atoms with E-state index in [1.165, 1.54) is 21.5 Å². The summed E-state index contributed by atoms with van der Waals surface area (Å²) < 4.78 is 0. The molecule has 0 saturated carbocycles. The molecule has 1 nitrogen and oxygen atoms in total. The molecule has 0 bridgehead atoms. The van der Waals surface area contributed by atoms with Crippen LogP contribution in [0.4, 0.5) is 0 Å². The molecule has 0 aliphatic heterocycles. The van der Waals surface area contributed by atoms with Gasteiger partial charge in [-0.25, -0.2) is 12.1 Å². The summed E-state index contributed by atoms with van der Waals surface area (Å²) in [5.41, 5.74) is 1.43. The number of rotatable bonds is 5. The molecule has 0 aliphatic carbocycles. The Morgan fingerprint density at radius 2 is 1.18 bits per heavy atom. The maximum atomic E-state index is 2.30. The molecule has 4 aromatic rings. The number of hydrogen-bond donors (Lipinski definition) is 0. The van der Waals surface area contributed by atoms with Crippen LogP contribution in [0.25, 0.3) is 0 Å². The summed E-state index contributed by atoms with van der Waals surface area (Å²) in [6, 6.07) is 38.5. The van der Waals surface area contributed by atoms with Crippen LogP contribution in [0.2, 0.25) is 0 Å². The third kappa shape index (κ3) is 6.30. The molecule has 0 amide bonds. The molecule has 28 heavy (non-hydrogen) atoms. The Kier molecular flexibility index (Phi) is 9.41. The molecule has 0 spiro atoms. The molecule has 0 aromatic heterocycles. The van der Waals surface area contributed by atoms with Crippen molar-refractivity contribution in [3.8, 4) is 0 Å². The second kappa shape index (κ2) is 11.8. The first-order chi connectivity index (χ1) is 13.3. The SMILES string of the molecule is CN(C)C[c-]1cccc1P(c1ccccc1)c1ccccc1.[Fe].[cH-]1[cH-][cH-][cH-][cH-]1. The average Bonchev–Trinajstić information content (AvgIpc) is 3.39. The van der Waals surface area contributed by atoms with Gasteiger partial charge in [0.25, 0.3) is 0 Å². The minimum atomic E-state index is -0.487. The van der Waals surface area contributed by atoms with Gasteiger partial charge >= 0.3 is 0 Å². The molecule has 4 rings (SSSR count). The maximum absolute atomic E-state index is 2.30. The van der Waals surface area contributed by atoms with Crippen LogP contribution in [0, 0.1) is 0 Å². The molecule has 0 N–H and O–H groups in total. The Hall–Kier alpha value is -1.95. The van der Waals surface area contributed by atoms with E-state index in [0.29, 0.717) is 0 Å². The molecule has 4 aromatic carbocycles. The molecule has 0 atom stereocenters. The van der Waals surface area contributed by atoms with Crippen LogP contribution in [-0.4, -0.2) is 19.0 Å². The van der Waals surface area contributed by atoms with E-state index in [4.69, 9.17) is 0 Å². The predicted molar refractivity (Wildman–Crippen MR) is 120 cm³/mol. The van der Waals surface area contributed by atoms with E-state index in [1.54, 1.807) is 0 Å². The molecule has 150 valence electrons. The molecule has 0 fully saturated rings. The topological polar surface area (TPSA) is 3.24 Å². The molecule has 0 radical (unpaired) electrons. The number of hydrogen-bond acceptors (Lipinski definition) is 1. The van der Waals surface area contributed by atoms with Gasteiger partial charge in [0.1, 0.15) is 0 Å². The van der Waals surface area contributed by atoms with Crippen molar-refractivity contribution in [3.63, 3.8) is 0 Å². The van der Waals surface area contributed by atoms with Gasteiger partial charge in [-0.2, -0.15) is 6.07 Å². The molecular weight excluding hydrogens is 401 g/mol. The Bertz CT molecular complexity index is 826. The smallest absolute Gasteiger partial charge is 0 e. The van der Waals surface area contributed by atoms with Crippen molar-refractivity contribution < 1.29 is 17.1 Å². The summed E-state index contributed by atoms with van der Waals surface area (Å²) in [7, 11) is 3.77. The summed E-state index contributed by atoms with van der Waals surface area (Å²) in [5, 5.41) is 4.30. The van der Waals surface area contributed by atoms with Gasteiger partial charge in [0, 0.05) is 17.1 Å². The number of benzene rings is 2. The van der Waals surface area contributed by atoms with Gasteiger partial charge in [-0.1, -0.05) is 60.7 Å². The normalized spacial score (nSPS) is 10.3. The van der Waals surface area contributed by atoms with E-state index in [0.717, 1.165) is 6.54 Å². The maximum Gasteiger partial charge on any atom is 0 e. The van der Waals surface area contributed by atoms with Crippen molar-refractivity contribution in [2.45, 2.75) is 6.54 Å². The largest absolute Gasteiger partial charge is 0.748 e. The zero-order chi connectivity index (χ0) is 18.9. The van der Waals surface area contributed by atoms with Gasteiger partial charge in [0.15, 0.2) is 0 Å². The fraction of sp³-hybridized carbons (Fsp3) is 0.120. The summed E-state index contributed by atoms with van der Waals surface area (Å²) in [4.78, 5) is 2.24. The van der Waals surface area contributed by atoms with Gasteiger partial charge in [0.2, 0.25) is 0 Å². The zero-order valence-corrected chi connectivity index (χ0v) is 18.3. The summed E-state index contributed by atoms with van der Waals surface area (Å²) in [6.45, 7) is 0.987. The third-order valence-corrected chi connectivity index (χ3v) is 6.74. The van der Waals surface area contributed by atoms with Crippen LogP contribution < -0.4 is 15.9 Å². The van der Waals surface area contributed by atoms with Gasteiger partial charge in [-0.15, -0.1) is 10.9 Å². The monoisotopic (exact) mass is 427 g/mol. The fourth-order valence-electron chi connectivity index (χ4n) is 3.04. The molecule has 3 heteroatoms. The van der Waals surface area contributed by atoms with E-state index in [9.17, 15) is 0 Å². The van der Waals surface area contributed by atoms with E-state index in [2.05, 4.69) is 97.9 Å². The molecule has 0 heterocycles. The average molecular weight is 427 g/mol. The van der Waals surface area contributed by atoms with Crippen LogP contribution in [0.5, 0.6) is 0 Å². The molecule has 0 aliphatic rings. The van der Waals surface area contributed by atoms with Crippen LogP contribution in [0.1, 0.15) is 5.56 Å². The Labute approximate surface area is 181 Å². The van der Waals surface area contributed by atoms with Crippen molar-refractivity contribution in [2.75, 3.05) is 14.1 Å². The Balaban J connectivity index is 0.000000408. The summed E-state index contributed by atoms with van der Waals surface area (Å²) in [5.74, 6) is 0. The standard InChI is InChI=1S/C20H21NP.C5H5.Fe/c1-21(2)16-17-10-9-15-20(17)22(18-11-5-3-6-12-18)19-13-7-4-8-14-19;1-2-4-5-3-1;/h3-15H,16H2,1-2H3;1-5H;/q-1;-5;. The third-order valence-electron chi connectivity index (χ3n) is 4.19. The Morgan fingerprint density at radius 1 is 0.714 bits per heavy atom. The second-order valence-corrected chi connectivity index (χ2v) is 8.83.